The topological polar surface area (TPSA) is 88.9 Å². The molecule has 0 unspecified atom stereocenters. The van der Waals surface area contributed by atoms with Crippen molar-refractivity contribution in [3.8, 4) is 11.5 Å². The maximum absolute atomic E-state index is 13.6. The summed E-state index contributed by atoms with van der Waals surface area (Å²) in [7, 11) is 5.16. The number of aryl methyl sites for hydroxylation is 1. The molecule has 39 heavy (non-hydrogen) atoms. The van der Waals surface area contributed by atoms with Gasteiger partial charge in [-0.3, -0.25) is 14.3 Å². The van der Waals surface area contributed by atoms with Crippen LogP contribution in [0.15, 0.2) is 30.0 Å². The van der Waals surface area contributed by atoms with Crippen molar-refractivity contribution in [2.24, 2.45) is 7.05 Å². The summed E-state index contributed by atoms with van der Waals surface area (Å²) in [5, 5.41) is 8.26. The molecular weight excluding hydrogens is 494 g/mol. The highest BCUT2D eigenvalue weighted by Gasteiger charge is 2.44. The van der Waals surface area contributed by atoms with E-state index in [4.69, 9.17) is 9.47 Å². The van der Waals surface area contributed by atoms with Gasteiger partial charge in [-0.15, -0.1) is 0 Å². The molecule has 3 heterocycles. The maximum atomic E-state index is 13.6. The second-order valence-electron chi connectivity index (χ2n) is 11.6. The van der Waals surface area contributed by atoms with Crippen LogP contribution in [0, 0.1) is 0 Å². The highest BCUT2D eigenvalue weighted by atomic mass is 16.5. The largest absolute Gasteiger partial charge is 0.497 e. The number of carbonyl (C=O) groups excluding carboxylic acids is 2. The van der Waals surface area contributed by atoms with Crippen LogP contribution in [0.25, 0.3) is 0 Å². The van der Waals surface area contributed by atoms with E-state index in [2.05, 4.69) is 44.2 Å². The molecule has 1 saturated heterocycles. The van der Waals surface area contributed by atoms with Crippen molar-refractivity contribution < 1.29 is 19.1 Å². The monoisotopic (exact) mass is 537 g/mol. The number of rotatable bonds is 7. The number of likely N-dealkylation sites (tertiary alicyclic amines) is 1. The summed E-state index contributed by atoms with van der Waals surface area (Å²) in [5.74, 6) is 1.57. The van der Waals surface area contributed by atoms with Crippen molar-refractivity contribution in [2.75, 3.05) is 33.9 Å². The van der Waals surface area contributed by atoms with Crippen LogP contribution in [0.1, 0.15) is 80.7 Å². The zero-order valence-corrected chi connectivity index (χ0v) is 24.6. The summed E-state index contributed by atoms with van der Waals surface area (Å²) in [6.07, 6.45) is 4.44. The van der Waals surface area contributed by atoms with Crippen LogP contribution in [0.2, 0.25) is 0 Å². The number of piperidine rings is 1. The Kier molecular flexibility index (Phi) is 8.00. The van der Waals surface area contributed by atoms with Gasteiger partial charge in [0, 0.05) is 61.9 Å². The van der Waals surface area contributed by atoms with Crippen LogP contribution in [0.5, 0.6) is 11.5 Å². The third-order valence-corrected chi connectivity index (χ3v) is 8.26. The molecule has 1 aromatic carbocycles. The maximum Gasteiger partial charge on any atom is 0.272 e. The molecule has 2 aliphatic heterocycles. The lowest BCUT2D eigenvalue weighted by Gasteiger charge is -2.48. The molecule has 1 N–H and O–H groups in total. The number of benzene rings is 1. The number of hydrogen-bond acceptors (Lipinski definition) is 6. The van der Waals surface area contributed by atoms with E-state index in [1.54, 1.807) is 18.9 Å². The summed E-state index contributed by atoms with van der Waals surface area (Å²) in [6, 6.07) is 5.87. The minimum atomic E-state index is -0.538. The van der Waals surface area contributed by atoms with Gasteiger partial charge < -0.3 is 24.6 Å². The Morgan fingerprint density at radius 1 is 1.21 bits per heavy atom. The van der Waals surface area contributed by atoms with E-state index < -0.39 is 5.54 Å². The molecule has 0 aliphatic carbocycles. The molecule has 0 bridgehead atoms. The lowest BCUT2D eigenvalue weighted by molar-refractivity contribution is -0.124. The Morgan fingerprint density at radius 3 is 2.44 bits per heavy atom. The first-order valence-electron chi connectivity index (χ1n) is 13.8. The number of fused-ring (bicyclic) bond motifs is 1. The molecule has 4 rings (SSSR count). The fourth-order valence-electron chi connectivity index (χ4n) is 5.97. The predicted octanol–water partition coefficient (Wildman–Crippen LogP) is 3.98. The molecule has 212 valence electrons. The van der Waals surface area contributed by atoms with Crippen LogP contribution < -0.4 is 14.8 Å². The van der Waals surface area contributed by atoms with Crippen LogP contribution in [-0.2, 0) is 23.8 Å². The van der Waals surface area contributed by atoms with E-state index in [-0.39, 0.29) is 17.2 Å². The normalized spacial score (nSPS) is 18.8. The van der Waals surface area contributed by atoms with Gasteiger partial charge in [0.2, 0.25) is 6.41 Å². The molecule has 1 aromatic heterocycles. The molecule has 2 amide bonds. The Bertz CT molecular complexity index is 1250. The van der Waals surface area contributed by atoms with Gasteiger partial charge in [0.05, 0.1) is 25.5 Å². The number of carbonyl (C=O) groups is 2. The van der Waals surface area contributed by atoms with Gasteiger partial charge in [0.25, 0.3) is 5.91 Å². The number of ether oxygens (including phenoxy) is 2. The number of aromatic nitrogens is 2. The number of amides is 2. The third kappa shape index (κ3) is 5.23. The van der Waals surface area contributed by atoms with Crippen LogP contribution >= 0.6 is 0 Å². The van der Waals surface area contributed by atoms with Crippen LogP contribution in [0.3, 0.4) is 0 Å². The van der Waals surface area contributed by atoms with E-state index in [0.717, 1.165) is 40.4 Å². The number of likely N-dealkylation sites (N-methyl/N-ethyl adjacent to an activating group) is 1. The quantitative estimate of drug-likeness (QED) is 0.538. The number of allylic oxidation sites excluding steroid dienone is 1. The third-order valence-electron chi connectivity index (χ3n) is 8.26. The average molecular weight is 538 g/mol. The summed E-state index contributed by atoms with van der Waals surface area (Å²) >= 11 is 0. The Morgan fingerprint density at radius 2 is 1.90 bits per heavy atom. The van der Waals surface area contributed by atoms with Gasteiger partial charge in [-0.1, -0.05) is 33.8 Å². The van der Waals surface area contributed by atoms with Crippen LogP contribution in [0.4, 0.5) is 0 Å². The molecule has 9 nitrogen and oxygen atoms in total. The van der Waals surface area contributed by atoms with Crippen molar-refractivity contribution in [1.82, 2.24) is 24.9 Å². The van der Waals surface area contributed by atoms with Gasteiger partial charge >= 0.3 is 0 Å². The van der Waals surface area contributed by atoms with Crippen molar-refractivity contribution in [1.29, 1.82) is 0 Å². The molecule has 0 spiro atoms. The first kappa shape index (κ1) is 28.5. The van der Waals surface area contributed by atoms with E-state index in [1.807, 2.05) is 42.0 Å². The Labute approximate surface area is 232 Å². The highest BCUT2D eigenvalue weighted by Crippen LogP contribution is 2.41. The Hall–Kier alpha value is -3.49. The minimum Gasteiger partial charge on any atom is -0.497 e. The number of hydrogen-bond donors (Lipinski definition) is 1. The summed E-state index contributed by atoms with van der Waals surface area (Å²) in [4.78, 5) is 29.7. The smallest absolute Gasteiger partial charge is 0.272 e. The first-order valence-corrected chi connectivity index (χ1v) is 13.8. The first-order chi connectivity index (χ1) is 18.5. The second-order valence-corrected chi connectivity index (χ2v) is 11.6. The van der Waals surface area contributed by atoms with Crippen molar-refractivity contribution in [3.63, 3.8) is 0 Å². The molecule has 9 heteroatoms. The van der Waals surface area contributed by atoms with Gasteiger partial charge in [0.15, 0.2) is 0 Å². The van der Waals surface area contributed by atoms with E-state index in [9.17, 15) is 9.59 Å². The van der Waals surface area contributed by atoms with Gasteiger partial charge in [0.1, 0.15) is 17.2 Å². The van der Waals surface area contributed by atoms with Gasteiger partial charge in [-0.2, -0.15) is 5.10 Å². The minimum absolute atomic E-state index is 0.0244. The highest BCUT2D eigenvalue weighted by molar-refractivity contribution is 5.93. The molecule has 1 atom stereocenters. The molecule has 0 radical (unpaired) electrons. The zero-order chi connectivity index (χ0) is 28.5. The SMILES string of the molecule is CCN(C=O)C1(C2=C[C@H](C)c3c(cc(OC)cc3OC)CN2)CCN(C(=O)c2cc(C(C)(C)C)nn2C)CC1. The standard InChI is InChI=1S/C30H43N5O4/c1-9-35(19-36)30(26-14-20(2)27-21(18-31-26)15-22(38-7)16-24(27)39-8)10-12-34(13-11-30)28(37)23-17-25(29(3,4)5)32-33(23)6/h14-17,19-20,31H,9-13,18H2,1-8H3/t20-/m0/s1. The van der Waals surface area contributed by atoms with E-state index >= 15 is 0 Å². The van der Waals surface area contributed by atoms with Crippen LogP contribution in [-0.4, -0.2) is 71.3 Å². The molecule has 2 aromatic rings. The van der Waals surface area contributed by atoms with Gasteiger partial charge in [-0.25, -0.2) is 0 Å². The lowest BCUT2D eigenvalue weighted by Crippen LogP contribution is -2.59. The zero-order valence-electron chi connectivity index (χ0n) is 24.6. The summed E-state index contributed by atoms with van der Waals surface area (Å²) < 4.78 is 12.9. The number of nitrogens with one attached hydrogen (secondary N) is 1. The van der Waals surface area contributed by atoms with E-state index in [0.29, 0.717) is 44.7 Å². The lowest BCUT2D eigenvalue weighted by atomic mass is 9.81. The molecular formula is C30H43N5O4. The average Bonchev–Trinajstić information content (AvgIpc) is 3.24. The van der Waals surface area contributed by atoms with E-state index in [1.165, 1.54) is 0 Å². The summed E-state index contributed by atoms with van der Waals surface area (Å²) in [5.41, 5.74) is 4.04. The second kappa shape index (κ2) is 10.9. The fraction of sp³-hybridized carbons (Fsp3) is 0.567. The number of methoxy groups -OCH3 is 2. The molecule has 0 saturated carbocycles. The fourth-order valence-corrected chi connectivity index (χ4v) is 5.97. The predicted molar refractivity (Wildman–Crippen MR) is 151 cm³/mol. The Balaban J connectivity index is 1.63. The molecule has 1 fully saturated rings. The van der Waals surface area contributed by atoms with Crippen molar-refractivity contribution in [2.45, 2.75) is 70.9 Å². The molecule has 2 aliphatic rings. The van der Waals surface area contributed by atoms with Crippen molar-refractivity contribution in [3.05, 3.63) is 52.5 Å². The van der Waals surface area contributed by atoms with Gasteiger partial charge in [-0.05, 0) is 37.5 Å². The number of nitrogens with zero attached hydrogens (tertiary/aromatic N) is 4. The summed E-state index contributed by atoms with van der Waals surface area (Å²) in [6.45, 7) is 12.7. The van der Waals surface area contributed by atoms with Crippen molar-refractivity contribution >= 4 is 12.3 Å².